The highest BCUT2D eigenvalue weighted by Crippen LogP contribution is 2.29. The third-order valence-corrected chi connectivity index (χ3v) is 3.44. The summed E-state index contributed by atoms with van der Waals surface area (Å²) in [6, 6.07) is 0. The molecule has 0 radical (unpaired) electrons. The maximum Gasteiger partial charge on any atom is 0.441 e. The van der Waals surface area contributed by atoms with Gasteiger partial charge in [0.1, 0.15) is 0 Å². The molecule has 16 heavy (non-hydrogen) atoms. The molecule has 1 atom stereocenters. The van der Waals surface area contributed by atoms with Crippen molar-refractivity contribution in [1.29, 1.82) is 0 Å². The topological polar surface area (TPSA) is 15.3 Å². The van der Waals surface area contributed by atoms with Crippen LogP contribution in [0.5, 0.6) is 0 Å². The lowest BCUT2D eigenvalue weighted by Crippen LogP contribution is -2.37. The zero-order valence-electron chi connectivity index (χ0n) is 9.52. The fourth-order valence-corrected chi connectivity index (χ4v) is 2.46. The second-order valence-electron chi connectivity index (χ2n) is 4.27. The van der Waals surface area contributed by atoms with E-state index >= 15 is 0 Å². The minimum atomic E-state index is -4.09. The van der Waals surface area contributed by atoms with Crippen LogP contribution < -0.4 is 5.32 Å². The maximum atomic E-state index is 11.8. The molecule has 2 nitrogen and oxygen atoms in total. The first-order valence-electron chi connectivity index (χ1n) is 5.57. The summed E-state index contributed by atoms with van der Waals surface area (Å²) in [4.78, 5) is 2.28. The number of thioether (sulfide) groups is 1. The van der Waals surface area contributed by atoms with E-state index in [2.05, 4.69) is 17.3 Å². The third kappa shape index (κ3) is 6.60. The van der Waals surface area contributed by atoms with Crippen LogP contribution in [0.25, 0.3) is 0 Å². The van der Waals surface area contributed by atoms with Gasteiger partial charge in [0.25, 0.3) is 0 Å². The quantitative estimate of drug-likeness (QED) is 0.759. The summed E-state index contributed by atoms with van der Waals surface area (Å²) in [5, 5.41) is 3.10. The number of hydrogen-bond acceptors (Lipinski definition) is 3. The number of likely N-dealkylation sites (tertiary alicyclic amines) is 1. The van der Waals surface area contributed by atoms with E-state index < -0.39 is 5.51 Å². The van der Waals surface area contributed by atoms with Crippen molar-refractivity contribution in [2.24, 2.45) is 5.92 Å². The van der Waals surface area contributed by atoms with Gasteiger partial charge in [0, 0.05) is 18.8 Å². The number of hydrogen-bond donors (Lipinski definition) is 1. The van der Waals surface area contributed by atoms with Crippen molar-refractivity contribution in [3.8, 4) is 0 Å². The van der Waals surface area contributed by atoms with Crippen LogP contribution in [0.2, 0.25) is 0 Å². The Balaban J connectivity index is 1.98. The lowest BCUT2D eigenvalue weighted by molar-refractivity contribution is -0.0327. The van der Waals surface area contributed by atoms with E-state index in [1.165, 1.54) is 12.8 Å². The Labute approximate surface area is 98.9 Å². The molecule has 1 fully saturated rings. The number of halogens is 3. The summed E-state index contributed by atoms with van der Waals surface area (Å²) in [6.45, 7) is 3.47. The summed E-state index contributed by atoms with van der Waals surface area (Å²) in [5.74, 6) is 0.695. The Morgan fingerprint density at radius 1 is 1.44 bits per heavy atom. The molecule has 1 rings (SSSR count). The third-order valence-electron chi connectivity index (χ3n) is 2.70. The number of rotatable bonds is 5. The summed E-state index contributed by atoms with van der Waals surface area (Å²) >= 11 is 0.0478. The van der Waals surface area contributed by atoms with Gasteiger partial charge >= 0.3 is 5.51 Å². The maximum absolute atomic E-state index is 11.8. The molecule has 1 aliphatic rings. The van der Waals surface area contributed by atoms with Crippen molar-refractivity contribution in [2.45, 2.75) is 18.3 Å². The number of nitrogens with one attached hydrogen (secondary N) is 1. The first-order chi connectivity index (χ1) is 7.47. The van der Waals surface area contributed by atoms with Gasteiger partial charge in [0.15, 0.2) is 0 Å². The lowest BCUT2D eigenvalue weighted by Gasteiger charge is -2.29. The smallest absolute Gasteiger partial charge is 0.316 e. The molecule has 0 aromatic rings. The van der Waals surface area contributed by atoms with E-state index in [-0.39, 0.29) is 17.5 Å². The van der Waals surface area contributed by atoms with Gasteiger partial charge in [0.2, 0.25) is 0 Å². The normalized spacial score (nSPS) is 23.6. The van der Waals surface area contributed by atoms with E-state index in [0.717, 1.165) is 19.6 Å². The van der Waals surface area contributed by atoms with E-state index in [9.17, 15) is 13.2 Å². The molecule has 1 aliphatic heterocycles. The van der Waals surface area contributed by atoms with Gasteiger partial charge in [-0.3, -0.25) is 0 Å². The summed E-state index contributed by atoms with van der Waals surface area (Å²) in [6.07, 6.45) is 2.38. The molecule has 0 aromatic carbocycles. The fraction of sp³-hybridized carbons (Fsp3) is 1.00. The van der Waals surface area contributed by atoms with Crippen molar-refractivity contribution >= 4 is 11.8 Å². The second-order valence-corrected chi connectivity index (χ2v) is 5.43. The molecule has 1 saturated heterocycles. The van der Waals surface area contributed by atoms with E-state index in [0.29, 0.717) is 12.5 Å². The molecule has 1 heterocycles. The van der Waals surface area contributed by atoms with E-state index in [1.807, 2.05) is 0 Å². The van der Waals surface area contributed by atoms with Crippen molar-refractivity contribution in [2.75, 3.05) is 39.0 Å². The summed E-state index contributed by atoms with van der Waals surface area (Å²) in [5.41, 5.74) is -4.09. The summed E-state index contributed by atoms with van der Waals surface area (Å²) < 4.78 is 35.5. The molecule has 0 aromatic heterocycles. The minimum Gasteiger partial charge on any atom is -0.316 e. The predicted molar refractivity (Wildman–Crippen MR) is 61.6 cm³/mol. The lowest BCUT2D eigenvalue weighted by atomic mass is 9.98. The highest BCUT2D eigenvalue weighted by atomic mass is 32.2. The van der Waals surface area contributed by atoms with Crippen LogP contribution in [0.1, 0.15) is 12.8 Å². The van der Waals surface area contributed by atoms with Crippen LogP contribution >= 0.6 is 11.8 Å². The molecule has 6 heteroatoms. The molecule has 1 N–H and O–H groups in total. The molecular formula is C10H19F3N2S. The van der Waals surface area contributed by atoms with Gasteiger partial charge in [-0.1, -0.05) is 0 Å². The molecular weight excluding hydrogens is 237 g/mol. The Morgan fingerprint density at radius 3 is 2.81 bits per heavy atom. The molecule has 0 bridgehead atoms. The molecule has 0 amide bonds. The van der Waals surface area contributed by atoms with Gasteiger partial charge < -0.3 is 10.2 Å². The van der Waals surface area contributed by atoms with Crippen molar-refractivity contribution in [1.82, 2.24) is 10.2 Å². The molecule has 0 spiro atoms. The van der Waals surface area contributed by atoms with Crippen LogP contribution in [-0.4, -0.2) is 49.4 Å². The predicted octanol–water partition coefficient (Wildman–Crippen LogP) is 2.17. The van der Waals surface area contributed by atoms with Crippen LogP contribution in [0, 0.1) is 5.92 Å². The summed E-state index contributed by atoms with van der Waals surface area (Å²) in [7, 11) is 2.09. The molecule has 1 unspecified atom stereocenters. The monoisotopic (exact) mass is 256 g/mol. The highest BCUT2D eigenvalue weighted by Gasteiger charge is 2.27. The molecule has 96 valence electrons. The Bertz CT molecular complexity index is 199. The van der Waals surface area contributed by atoms with Crippen molar-refractivity contribution in [3.05, 3.63) is 0 Å². The van der Waals surface area contributed by atoms with Crippen LogP contribution in [-0.2, 0) is 0 Å². The van der Waals surface area contributed by atoms with E-state index in [4.69, 9.17) is 0 Å². The molecule has 0 saturated carbocycles. The first kappa shape index (κ1) is 14.1. The first-order valence-corrected chi connectivity index (χ1v) is 6.56. The minimum absolute atomic E-state index is 0.0478. The van der Waals surface area contributed by atoms with Gasteiger partial charge in [-0.2, -0.15) is 13.2 Å². The zero-order chi connectivity index (χ0) is 12.0. The van der Waals surface area contributed by atoms with Crippen LogP contribution in [0.4, 0.5) is 13.2 Å². The SMILES string of the molecule is CN1CCCC(CNCCSC(F)(F)F)C1. The van der Waals surface area contributed by atoms with Gasteiger partial charge in [-0.15, -0.1) is 0 Å². The van der Waals surface area contributed by atoms with Gasteiger partial charge in [-0.25, -0.2) is 0 Å². The van der Waals surface area contributed by atoms with Gasteiger partial charge in [-0.05, 0) is 50.7 Å². The average molecular weight is 256 g/mol. The number of piperidine rings is 1. The Kier molecular flexibility index (Phi) is 5.92. The standard InChI is InChI=1S/C10H19F3N2S/c1-15-5-2-3-9(8-15)7-14-4-6-16-10(11,12)13/h9,14H,2-8H2,1H3. The largest absolute Gasteiger partial charge is 0.441 e. The van der Waals surface area contributed by atoms with Crippen LogP contribution in [0.15, 0.2) is 0 Å². The number of nitrogens with zero attached hydrogens (tertiary/aromatic N) is 1. The van der Waals surface area contributed by atoms with Crippen molar-refractivity contribution in [3.63, 3.8) is 0 Å². The fourth-order valence-electron chi connectivity index (χ4n) is 1.98. The van der Waals surface area contributed by atoms with Crippen LogP contribution in [0.3, 0.4) is 0 Å². The number of alkyl halides is 3. The van der Waals surface area contributed by atoms with Crippen molar-refractivity contribution < 1.29 is 13.2 Å². The Morgan fingerprint density at radius 2 is 2.19 bits per heavy atom. The van der Waals surface area contributed by atoms with Gasteiger partial charge in [0.05, 0.1) is 0 Å². The van der Waals surface area contributed by atoms with E-state index in [1.54, 1.807) is 0 Å². The zero-order valence-corrected chi connectivity index (χ0v) is 10.3. The molecule has 0 aliphatic carbocycles. The second kappa shape index (κ2) is 6.71. The average Bonchev–Trinajstić information content (AvgIpc) is 2.15. The Hall–Kier alpha value is 0.0600. The highest BCUT2D eigenvalue weighted by molar-refractivity contribution is 8.00.